The molecule has 0 aliphatic carbocycles. The summed E-state index contributed by atoms with van der Waals surface area (Å²) in [6.45, 7) is 5.86. The maximum atomic E-state index is 12.0. The second-order valence-corrected chi connectivity index (χ2v) is 6.74. The Bertz CT molecular complexity index is 574. The normalized spacial score (nSPS) is 13.9. The van der Waals surface area contributed by atoms with Crippen LogP contribution in [0, 0.1) is 0 Å². The summed E-state index contributed by atoms with van der Waals surface area (Å²) in [5.41, 5.74) is 0. The van der Waals surface area contributed by atoms with Crippen molar-refractivity contribution in [2.75, 3.05) is 39.3 Å². The van der Waals surface area contributed by atoms with E-state index in [1.807, 2.05) is 29.3 Å². The minimum absolute atomic E-state index is 0. The monoisotopic (exact) mass is 493 g/mol. The molecule has 9 heteroatoms. The standard InChI is InChI=1S/C17H27N5O2S.HI/c1-2-18-17(21-13-15(23)22-10-3-4-11-22)20-9-6-8-19-16(24)14-7-5-12-25-14;/h5,7,12H,2-4,6,8-11,13H2,1H3,(H,19,24)(H2,18,20,21);1H. The molecule has 1 fully saturated rings. The van der Waals surface area contributed by atoms with Gasteiger partial charge in [0.15, 0.2) is 5.96 Å². The molecule has 2 rings (SSSR count). The summed E-state index contributed by atoms with van der Waals surface area (Å²) in [6, 6.07) is 3.68. The number of amides is 2. The second-order valence-electron chi connectivity index (χ2n) is 5.80. The summed E-state index contributed by atoms with van der Waals surface area (Å²) in [6.07, 6.45) is 2.96. The van der Waals surface area contributed by atoms with Gasteiger partial charge in [-0.1, -0.05) is 6.07 Å². The van der Waals surface area contributed by atoms with Crippen molar-refractivity contribution in [1.82, 2.24) is 20.9 Å². The van der Waals surface area contributed by atoms with Gasteiger partial charge in [-0.2, -0.15) is 0 Å². The molecule has 0 radical (unpaired) electrons. The number of nitrogens with zero attached hydrogens (tertiary/aromatic N) is 2. The zero-order valence-electron chi connectivity index (χ0n) is 15.1. The van der Waals surface area contributed by atoms with E-state index in [1.54, 1.807) is 0 Å². The summed E-state index contributed by atoms with van der Waals surface area (Å²) < 4.78 is 0. The van der Waals surface area contributed by atoms with Crippen LogP contribution in [0.15, 0.2) is 22.5 Å². The topological polar surface area (TPSA) is 85.8 Å². The fraction of sp³-hybridized carbons (Fsp3) is 0.588. The summed E-state index contributed by atoms with van der Waals surface area (Å²) in [7, 11) is 0. The molecule has 0 aromatic carbocycles. The van der Waals surface area contributed by atoms with Crippen LogP contribution >= 0.6 is 35.3 Å². The van der Waals surface area contributed by atoms with E-state index in [1.165, 1.54) is 11.3 Å². The van der Waals surface area contributed by atoms with Crippen molar-refractivity contribution in [1.29, 1.82) is 0 Å². The van der Waals surface area contributed by atoms with E-state index in [2.05, 4.69) is 20.9 Å². The van der Waals surface area contributed by atoms with Gasteiger partial charge in [0.05, 0.1) is 4.88 Å². The molecule has 0 unspecified atom stereocenters. The zero-order chi connectivity index (χ0) is 17.9. The van der Waals surface area contributed by atoms with Crippen LogP contribution in [0.4, 0.5) is 0 Å². The van der Waals surface area contributed by atoms with Gasteiger partial charge >= 0.3 is 0 Å². The Morgan fingerprint density at radius 1 is 1.19 bits per heavy atom. The number of nitrogens with one attached hydrogen (secondary N) is 3. The lowest BCUT2D eigenvalue weighted by molar-refractivity contribution is -0.128. The number of hydrogen-bond acceptors (Lipinski definition) is 4. The van der Waals surface area contributed by atoms with E-state index in [0.717, 1.165) is 43.8 Å². The van der Waals surface area contributed by atoms with Crippen molar-refractivity contribution >= 4 is 53.1 Å². The Morgan fingerprint density at radius 2 is 1.92 bits per heavy atom. The second kappa shape index (κ2) is 12.9. The number of halogens is 1. The third-order valence-electron chi connectivity index (χ3n) is 3.85. The first-order chi connectivity index (χ1) is 12.2. The Morgan fingerprint density at radius 3 is 2.58 bits per heavy atom. The van der Waals surface area contributed by atoms with Crippen molar-refractivity contribution in [2.24, 2.45) is 4.99 Å². The molecule has 26 heavy (non-hydrogen) atoms. The molecule has 146 valence electrons. The van der Waals surface area contributed by atoms with Crippen LogP contribution in [0.25, 0.3) is 0 Å². The molecule has 1 aromatic heterocycles. The Kier molecular flexibility index (Phi) is 11.3. The highest BCUT2D eigenvalue weighted by Gasteiger charge is 2.17. The van der Waals surface area contributed by atoms with E-state index in [-0.39, 0.29) is 42.3 Å². The first-order valence-corrected chi connectivity index (χ1v) is 9.70. The first kappa shape index (κ1) is 22.7. The fourth-order valence-electron chi connectivity index (χ4n) is 2.55. The van der Waals surface area contributed by atoms with E-state index >= 15 is 0 Å². The highest BCUT2D eigenvalue weighted by Crippen LogP contribution is 2.08. The van der Waals surface area contributed by atoms with Crippen LogP contribution < -0.4 is 16.0 Å². The highest BCUT2D eigenvalue weighted by atomic mass is 127. The Labute approximate surface area is 176 Å². The van der Waals surface area contributed by atoms with Crippen LogP contribution in [0.1, 0.15) is 35.9 Å². The van der Waals surface area contributed by atoms with Crippen molar-refractivity contribution in [3.63, 3.8) is 0 Å². The molecule has 0 spiro atoms. The molecule has 3 N–H and O–H groups in total. The van der Waals surface area contributed by atoms with Gasteiger partial charge in [-0.25, -0.2) is 4.99 Å². The van der Waals surface area contributed by atoms with E-state index in [4.69, 9.17) is 0 Å². The smallest absolute Gasteiger partial charge is 0.261 e. The minimum Gasteiger partial charge on any atom is -0.357 e. The number of likely N-dealkylation sites (tertiary alicyclic amines) is 1. The molecular formula is C17H28IN5O2S. The van der Waals surface area contributed by atoms with Gasteiger partial charge in [0.25, 0.3) is 5.91 Å². The van der Waals surface area contributed by atoms with Crippen LogP contribution in [0.5, 0.6) is 0 Å². The van der Waals surface area contributed by atoms with E-state index < -0.39 is 0 Å². The molecular weight excluding hydrogens is 465 g/mol. The lowest BCUT2D eigenvalue weighted by atomic mass is 10.4. The fourth-order valence-corrected chi connectivity index (χ4v) is 3.19. The predicted molar refractivity (Wildman–Crippen MR) is 116 cm³/mol. The first-order valence-electron chi connectivity index (χ1n) is 8.82. The summed E-state index contributed by atoms with van der Waals surface area (Å²) in [5, 5.41) is 11.1. The van der Waals surface area contributed by atoms with Crippen molar-refractivity contribution in [3.05, 3.63) is 22.4 Å². The number of thiophene rings is 1. The average Bonchev–Trinajstić information content (AvgIpc) is 3.32. The molecule has 1 aliphatic rings. The minimum atomic E-state index is -0.0354. The Balaban J connectivity index is 0.00000338. The molecule has 0 atom stereocenters. The van der Waals surface area contributed by atoms with Gasteiger partial charge in [0.2, 0.25) is 5.91 Å². The third kappa shape index (κ3) is 7.90. The van der Waals surface area contributed by atoms with Gasteiger partial charge < -0.3 is 20.9 Å². The number of aliphatic imine (C=N–C) groups is 1. The Hall–Kier alpha value is -1.36. The highest BCUT2D eigenvalue weighted by molar-refractivity contribution is 14.0. The molecule has 1 aromatic rings. The molecule has 1 saturated heterocycles. The van der Waals surface area contributed by atoms with Crippen LogP contribution in [0.2, 0.25) is 0 Å². The van der Waals surface area contributed by atoms with Crippen LogP contribution in [-0.2, 0) is 4.79 Å². The number of carbonyl (C=O) groups is 2. The summed E-state index contributed by atoms with van der Waals surface area (Å²) >= 11 is 1.43. The quantitative estimate of drug-likeness (QED) is 0.223. The van der Waals surface area contributed by atoms with Gasteiger partial charge in [0, 0.05) is 32.7 Å². The SMILES string of the molecule is CCNC(=NCC(=O)N1CCCC1)NCCCNC(=O)c1cccs1.I. The van der Waals surface area contributed by atoms with E-state index in [0.29, 0.717) is 19.0 Å². The van der Waals surface area contributed by atoms with Gasteiger partial charge in [-0.15, -0.1) is 35.3 Å². The summed E-state index contributed by atoms with van der Waals surface area (Å²) in [4.78, 5) is 30.8. The lowest BCUT2D eigenvalue weighted by Gasteiger charge is -2.15. The zero-order valence-corrected chi connectivity index (χ0v) is 18.3. The van der Waals surface area contributed by atoms with Crippen LogP contribution in [0.3, 0.4) is 0 Å². The number of rotatable bonds is 8. The average molecular weight is 493 g/mol. The molecule has 1 aliphatic heterocycles. The van der Waals surface area contributed by atoms with Crippen LogP contribution in [-0.4, -0.2) is 61.9 Å². The molecule has 2 heterocycles. The number of guanidine groups is 1. The van der Waals surface area contributed by atoms with Crippen molar-refractivity contribution in [2.45, 2.75) is 26.2 Å². The van der Waals surface area contributed by atoms with Gasteiger partial charge in [-0.3, -0.25) is 9.59 Å². The molecule has 0 saturated carbocycles. The lowest BCUT2D eigenvalue weighted by Crippen LogP contribution is -2.40. The predicted octanol–water partition coefficient (Wildman–Crippen LogP) is 1.66. The van der Waals surface area contributed by atoms with Gasteiger partial charge in [0.1, 0.15) is 6.54 Å². The summed E-state index contributed by atoms with van der Waals surface area (Å²) in [5.74, 6) is 0.685. The molecule has 2 amide bonds. The third-order valence-corrected chi connectivity index (χ3v) is 4.72. The molecule has 7 nitrogen and oxygen atoms in total. The van der Waals surface area contributed by atoms with Gasteiger partial charge in [-0.05, 0) is 37.6 Å². The van der Waals surface area contributed by atoms with Crippen molar-refractivity contribution in [3.8, 4) is 0 Å². The van der Waals surface area contributed by atoms with Crippen molar-refractivity contribution < 1.29 is 9.59 Å². The number of hydrogen-bond donors (Lipinski definition) is 3. The molecule has 0 bridgehead atoms. The maximum absolute atomic E-state index is 12.0. The number of carbonyl (C=O) groups excluding carboxylic acids is 2. The van der Waals surface area contributed by atoms with E-state index in [9.17, 15) is 9.59 Å². The maximum Gasteiger partial charge on any atom is 0.261 e. The largest absolute Gasteiger partial charge is 0.357 e.